The molecule has 0 bridgehead atoms. The molecule has 2 rings (SSSR count). The number of hydrazine groups is 1. The Kier molecular flexibility index (Phi) is 2.22. The van der Waals surface area contributed by atoms with E-state index in [4.69, 9.17) is 5.73 Å². The van der Waals surface area contributed by atoms with Gasteiger partial charge in [0, 0.05) is 6.20 Å². The van der Waals surface area contributed by atoms with Gasteiger partial charge in [-0.2, -0.15) is 0 Å². The van der Waals surface area contributed by atoms with Crippen molar-refractivity contribution in [2.45, 2.75) is 18.6 Å². The smallest absolute Gasteiger partial charge is 0.141 e. The monoisotopic (exact) mass is 182 g/mol. The summed E-state index contributed by atoms with van der Waals surface area (Å²) in [7, 11) is 0. The van der Waals surface area contributed by atoms with Crippen molar-refractivity contribution in [1.82, 2.24) is 15.8 Å². The predicted octanol–water partition coefficient (Wildman–Crippen LogP) is 0.0445. The van der Waals surface area contributed by atoms with Crippen LogP contribution in [0.25, 0.3) is 0 Å². The molecule has 2 unspecified atom stereocenters. The molecule has 0 amide bonds. The molecule has 13 heavy (non-hydrogen) atoms. The maximum atomic E-state index is 12.8. The molecule has 4 N–H and O–H groups in total. The lowest BCUT2D eigenvalue weighted by Gasteiger charge is -2.07. The van der Waals surface area contributed by atoms with Crippen LogP contribution in [0.3, 0.4) is 0 Å². The molecule has 4 nitrogen and oxygen atoms in total. The van der Waals surface area contributed by atoms with Gasteiger partial charge in [-0.1, -0.05) is 0 Å². The molecule has 5 heteroatoms. The third-order valence-electron chi connectivity index (χ3n) is 2.06. The molecule has 1 aromatic heterocycles. The van der Waals surface area contributed by atoms with Gasteiger partial charge in [0.15, 0.2) is 0 Å². The lowest BCUT2D eigenvalue weighted by Crippen LogP contribution is -2.36. The van der Waals surface area contributed by atoms with Gasteiger partial charge in [0.05, 0.1) is 18.4 Å². The van der Waals surface area contributed by atoms with E-state index in [0.29, 0.717) is 0 Å². The summed E-state index contributed by atoms with van der Waals surface area (Å²) >= 11 is 0. The molecule has 0 spiro atoms. The van der Waals surface area contributed by atoms with Crippen molar-refractivity contribution in [3.8, 4) is 0 Å². The number of hydrogen-bond donors (Lipinski definition) is 3. The van der Waals surface area contributed by atoms with Gasteiger partial charge >= 0.3 is 0 Å². The molecule has 0 aromatic carbocycles. The molecule has 2 heterocycles. The average molecular weight is 182 g/mol. The fourth-order valence-corrected chi connectivity index (χ4v) is 1.42. The van der Waals surface area contributed by atoms with Crippen LogP contribution >= 0.6 is 0 Å². The van der Waals surface area contributed by atoms with Gasteiger partial charge in [-0.05, 0) is 18.1 Å². The highest BCUT2D eigenvalue weighted by atomic mass is 19.1. The summed E-state index contributed by atoms with van der Waals surface area (Å²) in [6.07, 6.45) is 3.49. The molecule has 70 valence electrons. The second-order valence-electron chi connectivity index (χ2n) is 3.12. The van der Waals surface area contributed by atoms with Gasteiger partial charge in [0.1, 0.15) is 5.82 Å². The standard InChI is InChI=1S/C8H11FN4/c9-6-1-5(3-11-4-6)7-2-8(10)13-12-7/h1,3-4,7-8,12-13H,2,10H2. The maximum Gasteiger partial charge on any atom is 0.141 e. The van der Waals surface area contributed by atoms with E-state index in [1.54, 1.807) is 6.20 Å². The first-order valence-electron chi connectivity index (χ1n) is 4.13. The van der Waals surface area contributed by atoms with Crippen LogP contribution in [-0.2, 0) is 0 Å². The van der Waals surface area contributed by atoms with Crippen LogP contribution in [0.15, 0.2) is 18.5 Å². The SMILES string of the molecule is NC1CC(c2cncc(F)c2)NN1. The molecular formula is C8H11FN4. The number of rotatable bonds is 1. The van der Waals surface area contributed by atoms with Crippen molar-refractivity contribution in [2.75, 3.05) is 0 Å². The first kappa shape index (κ1) is 8.55. The molecule has 0 aliphatic carbocycles. The summed E-state index contributed by atoms with van der Waals surface area (Å²) in [5.41, 5.74) is 12.3. The van der Waals surface area contributed by atoms with E-state index in [2.05, 4.69) is 15.8 Å². The summed E-state index contributed by atoms with van der Waals surface area (Å²) < 4.78 is 12.8. The van der Waals surface area contributed by atoms with Crippen molar-refractivity contribution in [2.24, 2.45) is 5.73 Å². The number of halogens is 1. The minimum atomic E-state index is -0.320. The number of nitrogens with two attached hydrogens (primary N) is 1. The Morgan fingerprint density at radius 1 is 1.46 bits per heavy atom. The van der Waals surface area contributed by atoms with Crippen LogP contribution < -0.4 is 16.6 Å². The van der Waals surface area contributed by atoms with Crippen molar-refractivity contribution < 1.29 is 4.39 Å². The molecule has 1 aliphatic heterocycles. The third kappa shape index (κ3) is 1.82. The van der Waals surface area contributed by atoms with Gasteiger partial charge < -0.3 is 5.73 Å². The first-order valence-corrected chi connectivity index (χ1v) is 4.13. The largest absolute Gasteiger partial charge is 0.315 e. The highest BCUT2D eigenvalue weighted by Gasteiger charge is 2.22. The first-order chi connectivity index (χ1) is 6.25. The quantitative estimate of drug-likeness (QED) is 0.574. The molecule has 1 fully saturated rings. The van der Waals surface area contributed by atoms with Crippen molar-refractivity contribution in [3.63, 3.8) is 0 Å². The van der Waals surface area contributed by atoms with Gasteiger partial charge in [0.25, 0.3) is 0 Å². The lowest BCUT2D eigenvalue weighted by molar-refractivity contribution is 0.547. The maximum absolute atomic E-state index is 12.8. The zero-order chi connectivity index (χ0) is 9.26. The predicted molar refractivity (Wildman–Crippen MR) is 45.8 cm³/mol. The van der Waals surface area contributed by atoms with Crippen molar-refractivity contribution in [3.05, 3.63) is 29.8 Å². The van der Waals surface area contributed by atoms with E-state index in [0.717, 1.165) is 12.0 Å². The Balaban J connectivity index is 2.16. The van der Waals surface area contributed by atoms with Crippen LogP contribution in [0, 0.1) is 5.82 Å². The minimum Gasteiger partial charge on any atom is -0.315 e. The Morgan fingerprint density at radius 2 is 2.31 bits per heavy atom. The molecule has 0 saturated carbocycles. The Labute approximate surface area is 75.3 Å². The van der Waals surface area contributed by atoms with E-state index < -0.39 is 0 Å². The summed E-state index contributed by atoms with van der Waals surface area (Å²) in [6, 6.07) is 1.52. The number of pyridine rings is 1. The fraction of sp³-hybridized carbons (Fsp3) is 0.375. The highest BCUT2D eigenvalue weighted by Crippen LogP contribution is 2.19. The number of nitrogens with zero attached hydrogens (tertiary/aromatic N) is 1. The Hall–Kier alpha value is -1.04. The topological polar surface area (TPSA) is 63.0 Å². The summed E-state index contributed by atoms with van der Waals surface area (Å²) in [6.45, 7) is 0. The highest BCUT2D eigenvalue weighted by molar-refractivity contribution is 5.16. The van der Waals surface area contributed by atoms with Gasteiger partial charge in [-0.3, -0.25) is 4.98 Å². The normalized spacial score (nSPS) is 27.8. The van der Waals surface area contributed by atoms with Crippen LogP contribution in [0.2, 0.25) is 0 Å². The van der Waals surface area contributed by atoms with Crippen LogP contribution in [0.1, 0.15) is 18.0 Å². The Morgan fingerprint density at radius 3 is 2.92 bits per heavy atom. The Bertz CT molecular complexity index is 304. The van der Waals surface area contributed by atoms with Crippen LogP contribution in [-0.4, -0.2) is 11.1 Å². The number of hydrogen-bond acceptors (Lipinski definition) is 4. The van der Waals surface area contributed by atoms with Gasteiger partial charge in [-0.25, -0.2) is 15.2 Å². The van der Waals surface area contributed by atoms with Crippen LogP contribution in [0.5, 0.6) is 0 Å². The van der Waals surface area contributed by atoms with E-state index in [-0.39, 0.29) is 18.0 Å². The zero-order valence-electron chi connectivity index (χ0n) is 7.00. The van der Waals surface area contributed by atoms with E-state index in [1.165, 1.54) is 12.3 Å². The second kappa shape index (κ2) is 3.37. The summed E-state index contributed by atoms with van der Waals surface area (Å²) in [4.78, 5) is 3.77. The van der Waals surface area contributed by atoms with Crippen LogP contribution in [0.4, 0.5) is 4.39 Å². The minimum absolute atomic E-state index is 0.0539. The molecule has 2 atom stereocenters. The molecular weight excluding hydrogens is 171 g/mol. The summed E-state index contributed by atoms with van der Waals surface area (Å²) in [5.74, 6) is -0.320. The van der Waals surface area contributed by atoms with E-state index >= 15 is 0 Å². The van der Waals surface area contributed by atoms with E-state index in [9.17, 15) is 4.39 Å². The summed E-state index contributed by atoms with van der Waals surface area (Å²) in [5, 5.41) is 0. The lowest BCUT2D eigenvalue weighted by atomic mass is 10.1. The fourth-order valence-electron chi connectivity index (χ4n) is 1.42. The van der Waals surface area contributed by atoms with E-state index in [1.807, 2.05) is 0 Å². The van der Waals surface area contributed by atoms with Crippen molar-refractivity contribution in [1.29, 1.82) is 0 Å². The number of aromatic nitrogens is 1. The van der Waals surface area contributed by atoms with Crippen molar-refractivity contribution >= 4 is 0 Å². The number of nitrogens with one attached hydrogen (secondary N) is 2. The molecule has 1 aliphatic rings. The third-order valence-corrected chi connectivity index (χ3v) is 2.06. The molecule has 0 radical (unpaired) electrons. The zero-order valence-corrected chi connectivity index (χ0v) is 7.00. The van der Waals surface area contributed by atoms with Gasteiger partial charge in [0.2, 0.25) is 0 Å². The molecule has 1 saturated heterocycles. The molecule has 1 aromatic rings. The average Bonchev–Trinajstić information content (AvgIpc) is 2.52. The van der Waals surface area contributed by atoms with Gasteiger partial charge in [-0.15, -0.1) is 0 Å². The second-order valence-corrected chi connectivity index (χ2v) is 3.12.